The van der Waals surface area contributed by atoms with Gasteiger partial charge in [-0.3, -0.25) is 5.10 Å². The van der Waals surface area contributed by atoms with Crippen molar-refractivity contribution in [2.24, 2.45) is 0 Å². The Morgan fingerprint density at radius 3 is 2.85 bits per heavy atom. The first-order valence-electron chi connectivity index (χ1n) is 6.13. The Balaban J connectivity index is 2.25. The summed E-state index contributed by atoms with van der Waals surface area (Å²) in [5, 5.41) is 17.9. The fourth-order valence-corrected chi connectivity index (χ4v) is 2.61. The number of hydrogen-bond donors (Lipinski definition) is 2. The maximum Gasteiger partial charge on any atom is 0.336 e. The van der Waals surface area contributed by atoms with Crippen LogP contribution in [-0.2, 0) is 0 Å². The molecule has 2 N–H and O–H groups in total. The van der Waals surface area contributed by atoms with Crippen LogP contribution in [0.5, 0.6) is 0 Å². The number of fused-ring (bicyclic) bond motifs is 5. The van der Waals surface area contributed by atoms with Crippen LogP contribution in [0.1, 0.15) is 10.4 Å². The van der Waals surface area contributed by atoms with Gasteiger partial charge in [0, 0.05) is 16.3 Å². The highest BCUT2D eigenvalue weighted by molar-refractivity contribution is 6.13. The monoisotopic (exact) mass is 263 g/mol. The number of H-pyrrole nitrogens is 1. The molecule has 1 aromatic carbocycles. The van der Waals surface area contributed by atoms with Crippen molar-refractivity contribution in [2.45, 2.75) is 0 Å². The minimum Gasteiger partial charge on any atom is -0.478 e. The van der Waals surface area contributed by atoms with Crippen LogP contribution >= 0.6 is 0 Å². The number of rotatable bonds is 1. The van der Waals surface area contributed by atoms with Crippen LogP contribution in [0, 0.1) is 0 Å². The average molecular weight is 263 g/mol. The standard InChI is InChI=1S/C15H9N3O2/c19-15(20)10-5-2-6-11-12(10)9-4-1-3-8-7-16-18-13(8)14(9)17-11/h1-7H,(H,16,18)(H,19,20). The number of nitrogens with zero attached hydrogens (tertiary/aromatic N) is 2. The molecule has 1 aliphatic heterocycles. The van der Waals surface area contributed by atoms with E-state index in [0.717, 1.165) is 22.2 Å². The van der Waals surface area contributed by atoms with Gasteiger partial charge in [-0.05, 0) is 12.1 Å². The lowest BCUT2D eigenvalue weighted by atomic mass is 10.0. The van der Waals surface area contributed by atoms with Crippen molar-refractivity contribution in [3.05, 3.63) is 48.2 Å². The summed E-state index contributed by atoms with van der Waals surface area (Å²) in [6.45, 7) is 0. The number of aromatic carboxylic acids is 1. The number of carboxylic acids is 1. The molecule has 0 bridgehead atoms. The normalized spacial score (nSPS) is 11.4. The van der Waals surface area contributed by atoms with E-state index in [9.17, 15) is 9.90 Å². The van der Waals surface area contributed by atoms with Gasteiger partial charge in [-0.1, -0.05) is 24.3 Å². The van der Waals surface area contributed by atoms with Crippen LogP contribution in [0.3, 0.4) is 0 Å². The molecular weight excluding hydrogens is 254 g/mol. The van der Waals surface area contributed by atoms with Crippen molar-refractivity contribution < 1.29 is 9.90 Å². The Labute approximate surface area is 113 Å². The number of hydrogen-bond acceptors (Lipinski definition) is 3. The number of benzene rings is 1. The van der Waals surface area contributed by atoms with E-state index in [4.69, 9.17) is 0 Å². The first-order chi connectivity index (χ1) is 9.75. The second-order valence-corrected chi connectivity index (χ2v) is 4.61. The summed E-state index contributed by atoms with van der Waals surface area (Å²) in [6, 6.07) is 10.8. The van der Waals surface area contributed by atoms with E-state index in [2.05, 4.69) is 15.2 Å². The Hall–Kier alpha value is -2.95. The average Bonchev–Trinajstić information content (AvgIpc) is 3.00. The van der Waals surface area contributed by atoms with Gasteiger partial charge in [-0.2, -0.15) is 5.10 Å². The lowest BCUT2D eigenvalue weighted by Crippen LogP contribution is -1.96. The molecule has 0 radical (unpaired) electrons. The quantitative estimate of drug-likeness (QED) is 0.553. The Morgan fingerprint density at radius 1 is 1.15 bits per heavy atom. The zero-order valence-electron chi connectivity index (χ0n) is 10.3. The number of nitrogens with one attached hydrogen (secondary N) is 1. The summed E-state index contributed by atoms with van der Waals surface area (Å²) < 4.78 is 0. The van der Waals surface area contributed by atoms with Gasteiger partial charge in [-0.15, -0.1) is 0 Å². The molecule has 0 spiro atoms. The van der Waals surface area contributed by atoms with Gasteiger partial charge in [0.2, 0.25) is 0 Å². The summed E-state index contributed by atoms with van der Waals surface area (Å²) in [4.78, 5) is 16.0. The van der Waals surface area contributed by atoms with E-state index in [1.54, 1.807) is 18.3 Å². The van der Waals surface area contributed by atoms with Gasteiger partial charge < -0.3 is 5.11 Å². The molecule has 5 heteroatoms. The zero-order chi connectivity index (χ0) is 13.7. The SMILES string of the molecule is O=C(O)c1cccc2nc3c4[nH]ncc4cccc-3c12. The first-order valence-corrected chi connectivity index (χ1v) is 6.13. The Kier molecular flexibility index (Phi) is 2.06. The van der Waals surface area contributed by atoms with E-state index in [0.29, 0.717) is 10.9 Å². The highest BCUT2D eigenvalue weighted by Gasteiger charge is 2.19. The molecule has 0 amide bonds. The number of carboxylic acid groups (broad SMARTS) is 1. The molecular formula is C15H9N3O2. The third kappa shape index (κ3) is 1.34. The van der Waals surface area contributed by atoms with E-state index < -0.39 is 5.97 Å². The molecule has 20 heavy (non-hydrogen) atoms. The van der Waals surface area contributed by atoms with E-state index >= 15 is 0 Å². The smallest absolute Gasteiger partial charge is 0.336 e. The number of carbonyl (C=O) groups is 1. The van der Waals surface area contributed by atoms with Crippen LogP contribution in [0.25, 0.3) is 33.1 Å². The molecule has 96 valence electrons. The molecule has 0 saturated heterocycles. The second-order valence-electron chi connectivity index (χ2n) is 4.61. The third-order valence-corrected chi connectivity index (χ3v) is 3.47. The van der Waals surface area contributed by atoms with Gasteiger partial charge in [0.25, 0.3) is 0 Å². The molecule has 1 aromatic heterocycles. The predicted octanol–water partition coefficient (Wildman–Crippen LogP) is 2.91. The minimum atomic E-state index is -0.947. The summed E-state index contributed by atoms with van der Waals surface area (Å²) >= 11 is 0. The fourth-order valence-electron chi connectivity index (χ4n) is 2.61. The maximum absolute atomic E-state index is 11.4. The lowest BCUT2D eigenvalue weighted by molar-refractivity contribution is 0.0699. The molecule has 1 aliphatic carbocycles. The van der Waals surface area contributed by atoms with Gasteiger partial charge >= 0.3 is 5.97 Å². The Bertz CT molecular complexity index is 942. The molecule has 5 nitrogen and oxygen atoms in total. The van der Waals surface area contributed by atoms with E-state index in [-0.39, 0.29) is 5.56 Å². The lowest BCUT2D eigenvalue weighted by Gasteiger charge is -1.98. The van der Waals surface area contributed by atoms with Crippen molar-refractivity contribution in [3.63, 3.8) is 0 Å². The highest BCUT2D eigenvalue weighted by atomic mass is 16.4. The molecule has 0 fully saturated rings. The van der Waals surface area contributed by atoms with Crippen LogP contribution in [0.4, 0.5) is 0 Å². The summed E-state index contributed by atoms with van der Waals surface area (Å²) in [5.74, 6) is -0.947. The van der Waals surface area contributed by atoms with E-state index in [1.807, 2.05) is 24.3 Å². The van der Waals surface area contributed by atoms with Crippen molar-refractivity contribution in [1.82, 2.24) is 15.2 Å². The summed E-state index contributed by atoms with van der Waals surface area (Å²) in [7, 11) is 0. The fraction of sp³-hybridized carbons (Fsp3) is 0. The third-order valence-electron chi connectivity index (χ3n) is 3.47. The first kappa shape index (κ1) is 10.9. The van der Waals surface area contributed by atoms with Gasteiger partial charge in [-0.25, -0.2) is 9.78 Å². The van der Waals surface area contributed by atoms with Crippen molar-refractivity contribution in [3.8, 4) is 11.3 Å². The molecule has 0 saturated carbocycles. The summed E-state index contributed by atoms with van der Waals surface area (Å²) in [6.07, 6.45) is 1.73. The zero-order valence-corrected chi connectivity index (χ0v) is 10.3. The molecule has 0 atom stereocenters. The predicted molar refractivity (Wildman–Crippen MR) is 75.0 cm³/mol. The van der Waals surface area contributed by atoms with Crippen LogP contribution < -0.4 is 0 Å². The van der Waals surface area contributed by atoms with Crippen LogP contribution in [0.2, 0.25) is 0 Å². The molecule has 2 aliphatic rings. The highest BCUT2D eigenvalue weighted by Crippen LogP contribution is 2.36. The molecule has 2 aromatic rings. The van der Waals surface area contributed by atoms with Crippen LogP contribution in [0.15, 0.2) is 42.6 Å². The van der Waals surface area contributed by atoms with Crippen molar-refractivity contribution in [1.29, 1.82) is 0 Å². The minimum absolute atomic E-state index is 0.267. The topological polar surface area (TPSA) is 78.9 Å². The molecule has 0 unspecified atom stereocenters. The maximum atomic E-state index is 11.4. The van der Waals surface area contributed by atoms with Gasteiger partial charge in [0.05, 0.1) is 28.5 Å². The largest absolute Gasteiger partial charge is 0.478 e. The molecule has 4 rings (SSSR count). The van der Waals surface area contributed by atoms with E-state index in [1.165, 1.54) is 0 Å². The van der Waals surface area contributed by atoms with Gasteiger partial charge in [0.15, 0.2) is 0 Å². The van der Waals surface area contributed by atoms with Crippen molar-refractivity contribution in [2.75, 3.05) is 0 Å². The summed E-state index contributed by atoms with van der Waals surface area (Å²) in [5.41, 5.74) is 3.33. The van der Waals surface area contributed by atoms with Crippen molar-refractivity contribution >= 4 is 27.8 Å². The van der Waals surface area contributed by atoms with Crippen LogP contribution in [-0.4, -0.2) is 26.3 Å². The second kappa shape index (κ2) is 3.77. The number of aromatic nitrogens is 3. The number of aromatic amines is 1. The Morgan fingerprint density at radius 2 is 2.00 bits per heavy atom. The molecule has 2 heterocycles. The van der Waals surface area contributed by atoms with Gasteiger partial charge in [0.1, 0.15) is 0 Å².